The number of halogens is 2. The largest absolute Gasteiger partial charge is 0.350 e. The summed E-state index contributed by atoms with van der Waals surface area (Å²) < 4.78 is 1.06. The van der Waals surface area contributed by atoms with E-state index in [9.17, 15) is 4.79 Å². The number of imidazole rings is 1. The molecule has 2 aromatic heterocycles. The molecule has 1 atom stereocenters. The molecular weight excluding hydrogens is 281 g/mol. The van der Waals surface area contributed by atoms with Crippen LogP contribution in [0.3, 0.4) is 0 Å². The molecule has 0 aliphatic heterocycles. The lowest BCUT2D eigenvalue weighted by molar-refractivity contribution is -0.122. The lowest BCUT2D eigenvalue weighted by Crippen LogP contribution is -2.26. The normalized spacial score (nSPS) is 21.6. The van der Waals surface area contributed by atoms with Crippen LogP contribution >= 0.6 is 34.5 Å². The van der Waals surface area contributed by atoms with E-state index in [4.69, 9.17) is 23.2 Å². The Balaban J connectivity index is 1.61. The zero-order chi connectivity index (χ0) is 12.0. The van der Waals surface area contributed by atoms with E-state index in [0.717, 1.165) is 10.7 Å². The summed E-state index contributed by atoms with van der Waals surface area (Å²) in [5.41, 5.74) is 0.834. The summed E-state index contributed by atoms with van der Waals surface area (Å²) in [6.07, 6.45) is 4.36. The van der Waals surface area contributed by atoms with Gasteiger partial charge in [-0.25, -0.2) is 4.98 Å². The Morgan fingerprint density at radius 2 is 2.47 bits per heavy atom. The van der Waals surface area contributed by atoms with Crippen molar-refractivity contribution in [1.82, 2.24) is 14.7 Å². The molecular formula is C10H9Cl2N3OS. The molecule has 0 spiro atoms. The number of fused-ring (bicyclic) bond motifs is 1. The van der Waals surface area contributed by atoms with Gasteiger partial charge in [-0.3, -0.25) is 9.20 Å². The van der Waals surface area contributed by atoms with Crippen molar-refractivity contribution in [3.05, 3.63) is 23.5 Å². The number of hydrogen-bond donors (Lipinski definition) is 1. The van der Waals surface area contributed by atoms with Crippen molar-refractivity contribution < 1.29 is 4.79 Å². The van der Waals surface area contributed by atoms with E-state index < -0.39 is 4.33 Å². The van der Waals surface area contributed by atoms with E-state index >= 15 is 0 Å². The summed E-state index contributed by atoms with van der Waals surface area (Å²) in [5, 5.41) is 4.75. The van der Waals surface area contributed by atoms with Gasteiger partial charge in [-0.15, -0.1) is 34.5 Å². The molecule has 0 bridgehead atoms. The zero-order valence-electron chi connectivity index (χ0n) is 8.69. The average Bonchev–Trinajstić information content (AvgIpc) is 2.65. The number of thiazole rings is 1. The molecule has 90 valence electrons. The minimum Gasteiger partial charge on any atom is -0.350 e. The fourth-order valence-corrected chi connectivity index (χ4v) is 2.89. The first-order valence-electron chi connectivity index (χ1n) is 5.13. The number of amides is 1. The van der Waals surface area contributed by atoms with E-state index in [0.29, 0.717) is 13.0 Å². The lowest BCUT2D eigenvalue weighted by atomic mass is 10.4. The SMILES string of the molecule is O=C(NCc1cn2ccsc2n1)C1CC1(Cl)Cl. The highest BCUT2D eigenvalue weighted by atomic mass is 35.5. The molecule has 1 unspecified atom stereocenters. The van der Waals surface area contributed by atoms with Crippen LogP contribution in [0, 0.1) is 5.92 Å². The average molecular weight is 290 g/mol. The number of aromatic nitrogens is 2. The summed E-state index contributed by atoms with van der Waals surface area (Å²) in [5.74, 6) is -0.388. The zero-order valence-corrected chi connectivity index (χ0v) is 11.0. The van der Waals surface area contributed by atoms with Crippen LogP contribution in [0.4, 0.5) is 0 Å². The van der Waals surface area contributed by atoms with Crippen molar-refractivity contribution in [3.63, 3.8) is 0 Å². The predicted octanol–water partition coefficient (Wildman–Crippen LogP) is 2.21. The van der Waals surface area contributed by atoms with E-state index in [1.807, 2.05) is 22.2 Å². The van der Waals surface area contributed by atoms with Gasteiger partial charge < -0.3 is 5.32 Å². The fourth-order valence-electron chi connectivity index (χ4n) is 1.66. The maximum Gasteiger partial charge on any atom is 0.226 e. The number of rotatable bonds is 3. The van der Waals surface area contributed by atoms with Crippen LogP contribution in [-0.4, -0.2) is 19.6 Å². The third kappa shape index (κ3) is 2.14. The molecule has 1 N–H and O–H groups in total. The second kappa shape index (κ2) is 3.86. The van der Waals surface area contributed by atoms with Crippen molar-refractivity contribution in [2.24, 2.45) is 5.92 Å². The Labute approximate surface area is 112 Å². The summed E-state index contributed by atoms with van der Waals surface area (Å²) in [4.78, 5) is 16.9. The van der Waals surface area contributed by atoms with Gasteiger partial charge in [0.2, 0.25) is 5.91 Å². The van der Waals surface area contributed by atoms with Crippen LogP contribution in [0.25, 0.3) is 4.96 Å². The molecule has 1 aliphatic carbocycles. The standard InChI is InChI=1S/C10H9Cl2N3OS/c11-10(12)3-7(10)8(16)13-4-6-5-15-1-2-17-9(15)14-6/h1-2,5,7H,3-4H2,(H,13,16). The number of carbonyl (C=O) groups excluding carboxylic acids is 1. The van der Waals surface area contributed by atoms with Crippen molar-refractivity contribution in [2.75, 3.05) is 0 Å². The van der Waals surface area contributed by atoms with Crippen LogP contribution in [0.5, 0.6) is 0 Å². The Hall–Kier alpha value is -0.780. The Kier molecular flexibility index (Phi) is 2.57. The third-order valence-electron chi connectivity index (χ3n) is 2.73. The molecule has 1 fully saturated rings. The van der Waals surface area contributed by atoms with Crippen molar-refractivity contribution in [3.8, 4) is 0 Å². The maximum absolute atomic E-state index is 11.6. The minimum absolute atomic E-state index is 0.105. The van der Waals surface area contributed by atoms with Gasteiger partial charge in [-0.1, -0.05) is 0 Å². The summed E-state index contributed by atoms with van der Waals surface area (Å²) in [7, 11) is 0. The number of alkyl halides is 2. The fraction of sp³-hybridized carbons (Fsp3) is 0.400. The highest BCUT2D eigenvalue weighted by molar-refractivity contribution is 7.15. The van der Waals surface area contributed by atoms with Crippen LogP contribution < -0.4 is 5.32 Å². The molecule has 0 saturated heterocycles. The number of nitrogens with zero attached hydrogens (tertiary/aromatic N) is 2. The molecule has 1 saturated carbocycles. The topological polar surface area (TPSA) is 46.4 Å². The Bertz CT molecular complexity index is 548. The highest BCUT2D eigenvalue weighted by Crippen LogP contribution is 2.53. The Morgan fingerprint density at radius 3 is 3.12 bits per heavy atom. The van der Waals surface area contributed by atoms with Crippen molar-refractivity contribution in [1.29, 1.82) is 0 Å². The van der Waals surface area contributed by atoms with Crippen LogP contribution in [0.1, 0.15) is 12.1 Å². The molecule has 1 aliphatic rings. The van der Waals surface area contributed by atoms with Crippen LogP contribution in [0.2, 0.25) is 0 Å². The van der Waals surface area contributed by atoms with Gasteiger partial charge in [0.1, 0.15) is 4.33 Å². The second-order valence-electron chi connectivity index (χ2n) is 4.06. The van der Waals surface area contributed by atoms with E-state index in [-0.39, 0.29) is 11.8 Å². The molecule has 0 radical (unpaired) electrons. The van der Waals surface area contributed by atoms with Gasteiger partial charge in [-0.2, -0.15) is 0 Å². The first kappa shape index (κ1) is 11.3. The third-order valence-corrected chi connectivity index (χ3v) is 4.34. The van der Waals surface area contributed by atoms with Crippen LogP contribution in [0.15, 0.2) is 17.8 Å². The molecule has 4 nitrogen and oxygen atoms in total. The number of hydrogen-bond acceptors (Lipinski definition) is 3. The van der Waals surface area contributed by atoms with Gasteiger partial charge >= 0.3 is 0 Å². The summed E-state index contributed by atoms with van der Waals surface area (Å²) in [6.45, 7) is 0.410. The molecule has 17 heavy (non-hydrogen) atoms. The smallest absolute Gasteiger partial charge is 0.226 e. The second-order valence-corrected chi connectivity index (χ2v) is 6.48. The van der Waals surface area contributed by atoms with Crippen molar-refractivity contribution in [2.45, 2.75) is 17.3 Å². The van der Waals surface area contributed by atoms with Gasteiger partial charge in [0.05, 0.1) is 18.2 Å². The summed E-state index contributed by atoms with van der Waals surface area (Å²) in [6, 6.07) is 0. The van der Waals surface area contributed by atoms with Gasteiger partial charge in [0.25, 0.3) is 0 Å². The number of nitrogens with one attached hydrogen (secondary N) is 1. The van der Waals surface area contributed by atoms with E-state index in [1.54, 1.807) is 11.3 Å². The monoisotopic (exact) mass is 289 g/mol. The maximum atomic E-state index is 11.6. The molecule has 0 aromatic carbocycles. The molecule has 2 aromatic rings. The lowest BCUT2D eigenvalue weighted by Gasteiger charge is -2.02. The van der Waals surface area contributed by atoms with E-state index in [1.165, 1.54) is 0 Å². The first-order chi connectivity index (χ1) is 8.06. The van der Waals surface area contributed by atoms with Gasteiger partial charge in [-0.05, 0) is 6.42 Å². The van der Waals surface area contributed by atoms with E-state index in [2.05, 4.69) is 10.3 Å². The van der Waals surface area contributed by atoms with Crippen molar-refractivity contribution >= 4 is 45.4 Å². The van der Waals surface area contributed by atoms with Gasteiger partial charge in [0, 0.05) is 17.8 Å². The quantitative estimate of drug-likeness (QED) is 0.881. The highest BCUT2D eigenvalue weighted by Gasteiger charge is 2.56. The predicted molar refractivity (Wildman–Crippen MR) is 67.5 cm³/mol. The minimum atomic E-state index is -0.862. The van der Waals surface area contributed by atoms with Crippen LogP contribution in [-0.2, 0) is 11.3 Å². The number of carbonyl (C=O) groups is 1. The summed E-state index contributed by atoms with van der Waals surface area (Å²) >= 11 is 13.2. The molecule has 7 heteroatoms. The molecule has 2 heterocycles. The molecule has 1 amide bonds. The first-order valence-corrected chi connectivity index (χ1v) is 6.76. The molecule has 3 rings (SSSR count). The van der Waals surface area contributed by atoms with Gasteiger partial charge in [0.15, 0.2) is 4.96 Å². The Morgan fingerprint density at radius 1 is 1.71 bits per heavy atom.